The molecule has 0 aliphatic heterocycles. The Labute approximate surface area is 147 Å². The smallest absolute Gasteiger partial charge is 0.338 e. The fraction of sp³-hybridized carbons (Fsp3) is 0.650. The van der Waals surface area contributed by atoms with Gasteiger partial charge in [0, 0.05) is 0 Å². The molecular formula is C20H32O3Si. The minimum Gasteiger partial charge on any atom is -0.456 e. The van der Waals surface area contributed by atoms with Crippen molar-refractivity contribution in [2.75, 3.05) is 0 Å². The van der Waals surface area contributed by atoms with E-state index in [0.717, 1.165) is 25.7 Å². The molecule has 24 heavy (non-hydrogen) atoms. The van der Waals surface area contributed by atoms with Gasteiger partial charge < -0.3 is 9.16 Å². The first-order valence-electron chi connectivity index (χ1n) is 9.14. The van der Waals surface area contributed by atoms with Crippen molar-refractivity contribution in [2.24, 2.45) is 0 Å². The summed E-state index contributed by atoms with van der Waals surface area (Å²) in [4.78, 5) is 12.5. The highest BCUT2D eigenvalue weighted by molar-refractivity contribution is 6.74. The molecule has 2 rings (SSSR count). The fourth-order valence-corrected chi connectivity index (χ4v) is 4.22. The van der Waals surface area contributed by atoms with Gasteiger partial charge in [0.15, 0.2) is 8.32 Å². The Bertz CT molecular complexity index is 534. The Balaban J connectivity index is 2.11. The first kappa shape index (κ1) is 19.2. The number of benzene rings is 1. The van der Waals surface area contributed by atoms with Gasteiger partial charge in [0.1, 0.15) is 6.10 Å². The van der Waals surface area contributed by atoms with Crippen LogP contribution in [0.15, 0.2) is 30.3 Å². The third kappa shape index (κ3) is 4.93. The van der Waals surface area contributed by atoms with Crippen LogP contribution in [0.25, 0.3) is 0 Å². The van der Waals surface area contributed by atoms with E-state index >= 15 is 0 Å². The first-order valence-corrected chi connectivity index (χ1v) is 12.1. The molecule has 0 amide bonds. The molecule has 0 bridgehead atoms. The molecule has 0 N–H and O–H groups in total. The molecule has 4 heteroatoms. The number of ether oxygens (including phenoxy) is 1. The lowest BCUT2D eigenvalue weighted by atomic mass is 10.1. The molecule has 0 heterocycles. The lowest BCUT2D eigenvalue weighted by Gasteiger charge is -2.40. The van der Waals surface area contributed by atoms with Gasteiger partial charge in [0.05, 0.1) is 11.7 Å². The largest absolute Gasteiger partial charge is 0.456 e. The van der Waals surface area contributed by atoms with Crippen LogP contribution in [-0.2, 0) is 9.16 Å². The van der Waals surface area contributed by atoms with Crippen LogP contribution in [0.2, 0.25) is 18.1 Å². The van der Waals surface area contributed by atoms with Crippen molar-refractivity contribution in [1.29, 1.82) is 0 Å². The maximum absolute atomic E-state index is 12.5. The van der Waals surface area contributed by atoms with Crippen LogP contribution in [0.3, 0.4) is 0 Å². The van der Waals surface area contributed by atoms with Gasteiger partial charge >= 0.3 is 5.97 Å². The second kappa shape index (κ2) is 7.83. The standard InChI is InChI=1S/C20H32O3Si/c1-20(2,3)24(4,5)23-18-15-11-7-10-14-17(18)22-19(21)16-12-8-6-9-13-16/h6,8-9,12-13,17-18H,7,10-11,14-15H2,1-5H3/t17-,18+/m0/s1. The van der Waals surface area contributed by atoms with Crippen molar-refractivity contribution in [1.82, 2.24) is 0 Å². The highest BCUT2D eigenvalue weighted by Crippen LogP contribution is 2.39. The predicted molar refractivity (Wildman–Crippen MR) is 101 cm³/mol. The van der Waals surface area contributed by atoms with E-state index < -0.39 is 8.32 Å². The summed E-state index contributed by atoms with van der Waals surface area (Å²) >= 11 is 0. The van der Waals surface area contributed by atoms with E-state index in [-0.39, 0.29) is 23.2 Å². The van der Waals surface area contributed by atoms with Crippen LogP contribution in [0.5, 0.6) is 0 Å². The van der Waals surface area contributed by atoms with Crippen LogP contribution in [-0.4, -0.2) is 26.5 Å². The van der Waals surface area contributed by atoms with Crippen LogP contribution >= 0.6 is 0 Å². The van der Waals surface area contributed by atoms with Gasteiger partial charge in [-0.05, 0) is 49.5 Å². The van der Waals surface area contributed by atoms with Crippen molar-refractivity contribution in [3.05, 3.63) is 35.9 Å². The topological polar surface area (TPSA) is 35.5 Å². The maximum atomic E-state index is 12.5. The van der Waals surface area contributed by atoms with Gasteiger partial charge in [-0.25, -0.2) is 4.79 Å². The Kier molecular flexibility index (Phi) is 6.26. The SMILES string of the molecule is CC(C)(C)[Si](C)(C)O[C@@H]1CCCCC[C@@H]1OC(=O)c1ccccc1. The van der Waals surface area contributed by atoms with Crippen molar-refractivity contribution in [3.8, 4) is 0 Å². The molecule has 1 aromatic carbocycles. The monoisotopic (exact) mass is 348 g/mol. The van der Waals surface area contributed by atoms with Crippen molar-refractivity contribution < 1.29 is 14.0 Å². The average Bonchev–Trinajstić information content (AvgIpc) is 2.72. The van der Waals surface area contributed by atoms with Crippen LogP contribution in [0.1, 0.15) is 63.2 Å². The zero-order valence-corrected chi connectivity index (χ0v) is 16.8. The molecule has 1 aliphatic carbocycles. The minimum atomic E-state index is -1.88. The number of carbonyl (C=O) groups excluding carboxylic acids is 1. The van der Waals surface area contributed by atoms with E-state index in [1.165, 1.54) is 6.42 Å². The fourth-order valence-electron chi connectivity index (χ4n) is 2.84. The predicted octanol–water partition coefficient (Wildman–Crippen LogP) is 5.57. The Morgan fingerprint density at radius 3 is 2.17 bits per heavy atom. The Morgan fingerprint density at radius 2 is 1.58 bits per heavy atom. The van der Waals surface area contributed by atoms with E-state index in [1.54, 1.807) is 0 Å². The Morgan fingerprint density at radius 1 is 1.00 bits per heavy atom. The van der Waals surface area contributed by atoms with Gasteiger partial charge in [0.25, 0.3) is 0 Å². The summed E-state index contributed by atoms with van der Waals surface area (Å²) in [5.74, 6) is -0.230. The van der Waals surface area contributed by atoms with Crippen molar-refractivity contribution >= 4 is 14.3 Å². The number of hydrogen-bond donors (Lipinski definition) is 0. The van der Waals surface area contributed by atoms with E-state index in [4.69, 9.17) is 9.16 Å². The summed E-state index contributed by atoms with van der Waals surface area (Å²) in [6, 6.07) is 9.26. The summed E-state index contributed by atoms with van der Waals surface area (Å²) in [6.07, 6.45) is 5.23. The molecule has 0 radical (unpaired) electrons. The number of hydrogen-bond acceptors (Lipinski definition) is 3. The molecule has 3 nitrogen and oxygen atoms in total. The second-order valence-corrected chi connectivity index (χ2v) is 13.1. The first-order chi connectivity index (χ1) is 11.2. The van der Waals surface area contributed by atoms with E-state index in [2.05, 4.69) is 33.9 Å². The van der Waals surface area contributed by atoms with Gasteiger partial charge in [-0.15, -0.1) is 0 Å². The van der Waals surface area contributed by atoms with Gasteiger partial charge in [-0.2, -0.15) is 0 Å². The second-order valence-electron chi connectivity index (χ2n) is 8.36. The van der Waals surface area contributed by atoms with Crippen LogP contribution in [0.4, 0.5) is 0 Å². The molecule has 1 aliphatic rings. The van der Waals surface area contributed by atoms with E-state index in [1.807, 2.05) is 30.3 Å². The van der Waals surface area contributed by atoms with Crippen molar-refractivity contribution in [2.45, 2.75) is 83.2 Å². The molecule has 0 spiro atoms. The number of rotatable bonds is 4. The zero-order valence-electron chi connectivity index (χ0n) is 15.8. The summed E-state index contributed by atoms with van der Waals surface area (Å²) in [7, 11) is -1.88. The molecular weight excluding hydrogens is 316 g/mol. The molecule has 134 valence electrons. The molecule has 2 atom stereocenters. The summed E-state index contributed by atoms with van der Waals surface area (Å²) in [6.45, 7) is 11.3. The minimum absolute atomic E-state index is 0.0288. The van der Waals surface area contributed by atoms with Crippen LogP contribution < -0.4 is 0 Å². The molecule has 1 aromatic rings. The number of carbonyl (C=O) groups is 1. The summed E-state index contributed by atoms with van der Waals surface area (Å²) in [5.41, 5.74) is 0.618. The third-order valence-electron chi connectivity index (χ3n) is 5.41. The van der Waals surface area contributed by atoms with Gasteiger partial charge in [-0.1, -0.05) is 51.8 Å². The van der Waals surface area contributed by atoms with Gasteiger partial charge in [0.2, 0.25) is 0 Å². The molecule has 1 saturated carbocycles. The highest BCUT2D eigenvalue weighted by Gasteiger charge is 2.41. The lowest BCUT2D eigenvalue weighted by Crippen LogP contribution is -2.47. The average molecular weight is 349 g/mol. The summed E-state index contributed by atoms with van der Waals surface area (Å²) < 4.78 is 12.5. The molecule has 1 fully saturated rings. The number of esters is 1. The highest BCUT2D eigenvalue weighted by atomic mass is 28.4. The Hall–Kier alpha value is -1.13. The van der Waals surface area contributed by atoms with E-state index in [0.29, 0.717) is 5.56 Å². The third-order valence-corrected chi connectivity index (χ3v) is 9.92. The molecule has 0 saturated heterocycles. The van der Waals surface area contributed by atoms with E-state index in [9.17, 15) is 4.79 Å². The summed E-state index contributed by atoms with van der Waals surface area (Å²) in [5, 5.41) is 0.160. The van der Waals surface area contributed by atoms with Crippen LogP contribution in [0, 0.1) is 0 Å². The van der Waals surface area contributed by atoms with Gasteiger partial charge in [-0.3, -0.25) is 0 Å². The molecule has 0 aromatic heterocycles. The molecule has 0 unspecified atom stereocenters. The van der Waals surface area contributed by atoms with Crippen molar-refractivity contribution in [3.63, 3.8) is 0 Å². The quantitative estimate of drug-likeness (QED) is 0.405. The lowest BCUT2D eigenvalue weighted by molar-refractivity contribution is -0.0161. The maximum Gasteiger partial charge on any atom is 0.338 e. The normalized spacial score (nSPS) is 22.7. The zero-order chi connectivity index (χ0) is 17.8.